The van der Waals surface area contributed by atoms with E-state index in [1.165, 1.54) is 54.2 Å². The Hall–Kier alpha value is -4.74. The van der Waals surface area contributed by atoms with Gasteiger partial charge in [-0.3, -0.25) is 9.35 Å². The monoisotopic (exact) mass is 808 g/mol. The maximum absolute atomic E-state index is 15.7. The molecule has 3 aromatic rings. The number of nitriles is 1. The Labute approximate surface area is 320 Å². The van der Waals surface area contributed by atoms with Crippen LogP contribution in [0.1, 0.15) is 56.2 Å². The van der Waals surface area contributed by atoms with Crippen LogP contribution >= 0.6 is 11.8 Å². The highest BCUT2D eigenvalue weighted by atomic mass is 32.2. The lowest BCUT2D eigenvalue weighted by atomic mass is 9.89. The quantitative estimate of drug-likeness (QED) is 0.0511. The fourth-order valence-corrected chi connectivity index (χ4v) is 7.36. The number of aromatic nitrogens is 3. The lowest BCUT2D eigenvalue weighted by Crippen LogP contribution is -2.47. The first-order valence-corrected chi connectivity index (χ1v) is 19.5. The molecule has 0 aliphatic carbocycles. The molecule has 1 N–H and O–H groups in total. The zero-order chi connectivity index (χ0) is 40.0. The Bertz CT molecular complexity index is 1970. The number of thioether (sulfide) groups is 1. The maximum atomic E-state index is 15.7. The van der Waals surface area contributed by atoms with Crippen molar-refractivity contribution < 1.29 is 59.4 Å². The van der Waals surface area contributed by atoms with Crippen molar-refractivity contribution in [2.45, 2.75) is 74.8 Å². The normalized spacial score (nSPS) is 18.3. The van der Waals surface area contributed by atoms with Crippen LogP contribution in [-0.4, -0.2) is 81.9 Å². The summed E-state index contributed by atoms with van der Waals surface area (Å²) in [5.41, 5.74) is -1.64. The molecule has 296 valence electrons. The van der Waals surface area contributed by atoms with Gasteiger partial charge in [-0.1, -0.05) is 30.7 Å². The van der Waals surface area contributed by atoms with Crippen molar-refractivity contribution in [3.63, 3.8) is 0 Å². The summed E-state index contributed by atoms with van der Waals surface area (Å²) >= 11 is 1.23. The first-order chi connectivity index (χ1) is 26.2. The molecular weight excluding hydrogens is 770 g/mol. The molecule has 1 fully saturated rings. The van der Waals surface area contributed by atoms with Gasteiger partial charge in [0.2, 0.25) is 6.29 Å². The molecule has 2 aromatic carbocycles. The number of rotatable bonds is 18. The van der Waals surface area contributed by atoms with Crippen LogP contribution in [0.25, 0.3) is 6.08 Å². The number of esters is 1. The molecular formula is C36H39F3N4O10S2. The molecule has 55 heavy (non-hydrogen) atoms. The molecule has 1 aromatic heterocycles. The van der Waals surface area contributed by atoms with E-state index in [1.807, 2.05) is 6.07 Å². The number of allylic oxidation sites excluding steroid dienone is 2. The minimum Gasteiger partial charge on any atom is -0.425 e. The first-order valence-electron chi connectivity index (χ1n) is 16.9. The Balaban J connectivity index is 1.44. The van der Waals surface area contributed by atoms with Gasteiger partial charge in [-0.25, -0.2) is 27.6 Å². The van der Waals surface area contributed by atoms with Crippen LogP contribution in [0.2, 0.25) is 0 Å². The fraction of sp³-hybridized carbons (Fsp3) is 0.417. The van der Waals surface area contributed by atoms with Gasteiger partial charge in [-0.2, -0.15) is 18.8 Å². The number of carbonyl (C=O) groups is 2. The van der Waals surface area contributed by atoms with Crippen LogP contribution < -0.4 is 0 Å². The average Bonchev–Trinajstić information content (AvgIpc) is 3.63. The molecule has 0 saturated carbocycles. The van der Waals surface area contributed by atoms with Crippen LogP contribution in [-0.2, 0) is 50.7 Å². The third-order valence-corrected chi connectivity index (χ3v) is 10.3. The zero-order valence-electron chi connectivity index (χ0n) is 29.8. The van der Waals surface area contributed by atoms with E-state index in [4.69, 9.17) is 33.5 Å². The summed E-state index contributed by atoms with van der Waals surface area (Å²) in [6.45, 7) is 2.91. The van der Waals surface area contributed by atoms with E-state index >= 15 is 4.39 Å². The highest BCUT2D eigenvalue weighted by Gasteiger charge is 2.47. The van der Waals surface area contributed by atoms with Crippen molar-refractivity contribution >= 4 is 40.1 Å². The number of hydrogen-bond acceptors (Lipinski definition) is 13. The Morgan fingerprint density at radius 1 is 1.09 bits per heavy atom. The Morgan fingerprint density at radius 3 is 2.51 bits per heavy atom. The number of carbonyl (C=O) groups excluding carboxylic acids is 2. The third-order valence-electron chi connectivity index (χ3n) is 8.09. The number of unbranched alkanes of at least 4 members (excludes halogenated alkanes) is 2. The lowest BCUT2D eigenvalue weighted by molar-refractivity contribution is -0.171. The number of ether oxygens (including phenoxy) is 5. The molecule has 0 bridgehead atoms. The van der Waals surface area contributed by atoms with E-state index in [0.29, 0.717) is 12.5 Å². The van der Waals surface area contributed by atoms with E-state index in [1.54, 1.807) is 25.2 Å². The van der Waals surface area contributed by atoms with E-state index in [9.17, 15) is 26.8 Å². The second kappa shape index (κ2) is 20.3. The van der Waals surface area contributed by atoms with Gasteiger partial charge in [0.25, 0.3) is 10.1 Å². The molecule has 0 amide bonds. The largest absolute Gasteiger partial charge is 0.512 e. The molecule has 3 atom stereocenters. The van der Waals surface area contributed by atoms with Gasteiger partial charge in [0.1, 0.15) is 30.1 Å². The van der Waals surface area contributed by atoms with Gasteiger partial charge in [0.05, 0.1) is 42.4 Å². The van der Waals surface area contributed by atoms with Crippen molar-refractivity contribution in [1.29, 1.82) is 5.26 Å². The lowest BCUT2D eigenvalue weighted by Gasteiger charge is -2.40. The second-order valence-corrected chi connectivity index (χ2v) is 15.5. The maximum Gasteiger partial charge on any atom is 0.512 e. The number of halogens is 3. The van der Waals surface area contributed by atoms with E-state index in [0.717, 1.165) is 18.2 Å². The molecule has 19 heteroatoms. The first kappa shape index (κ1) is 43.0. The second-order valence-electron chi connectivity index (χ2n) is 12.3. The van der Waals surface area contributed by atoms with Gasteiger partial charge >= 0.3 is 12.1 Å². The predicted octanol–water partition coefficient (Wildman–Crippen LogP) is 6.09. The van der Waals surface area contributed by atoms with Crippen LogP contribution in [0.5, 0.6) is 0 Å². The van der Waals surface area contributed by atoms with Gasteiger partial charge in [-0.05, 0) is 50.1 Å². The van der Waals surface area contributed by atoms with Crippen molar-refractivity contribution in [3.8, 4) is 6.07 Å². The minimum atomic E-state index is -4.12. The number of nitrogens with zero attached hydrogens (tertiary/aromatic N) is 4. The van der Waals surface area contributed by atoms with Gasteiger partial charge in [-0.15, -0.1) is 11.8 Å². The van der Waals surface area contributed by atoms with Crippen LogP contribution in [0.15, 0.2) is 67.3 Å². The fourth-order valence-electron chi connectivity index (χ4n) is 5.43. The molecule has 1 unspecified atom stereocenters. The zero-order valence-corrected chi connectivity index (χ0v) is 31.4. The summed E-state index contributed by atoms with van der Waals surface area (Å²) in [6.07, 6.45) is 5.89. The summed E-state index contributed by atoms with van der Waals surface area (Å²) in [5.74, 6) is -3.64. The molecule has 14 nitrogen and oxygen atoms in total. The van der Waals surface area contributed by atoms with E-state index in [-0.39, 0.29) is 61.0 Å². The van der Waals surface area contributed by atoms with E-state index < -0.39 is 68.9 Å². The summed E-state index contributed by atoms with van der Waals surface area (Å²) in [5, 5.41) is 11.8. The SMILES string of the molecule is CC(OC(=O)CCCCCS(=O)(=O)O)OC(=O)O[C@@](Cn1cncn1)(c1ccc(F)cc1F)[C@@H](C)SC1COC(/C=C/C=C/c2ccc(C#N)cc2F)OC1. The summed E-state index contributed by atoms with van der Waals surface area (Å²) < 4.78 is 104. The molecule has 0 spiro atoms. The van der Waals surface area contributed by atoms with Crippen molar-refractivity contribution in [3.05, 3.63) is 101 Å². The molecule has 1 saturated heterocycles. The summed E-state index contributed by atoms with van der Waals surface area (Å²) in [7, 11) is -4.12. The minimum absolute atomic E-state index is 0.129. The van der Waals surface area contributed by atoms with Gasteiger partial charge in [0, 0.05) is 35.8 Å². The van der Waals surface area contributed by atoms with Crippen LogP contribution in [0.3, 0.4) is 0 Å². The predicted molar refractivity (Wildman–Crippen MR) is 192 cm³/mol. The Morgan fingerprint density at radius 2 is 1.85 bits per heavy atom. The highest BCUT2D eigenvalue weighted by molar-refractivity contribution is 8.00. The molecule has 4 rings (SSSR count). The molecule has 2 heterocycles. The topological polar surface area (TPSA) is 189 Å². The van der Waals surface area contributed by atoms with Gasteiger partial charge in [0.15, 0.2) is 11.9 Å². The summed E-state index contributed by atoms with van der Waals surface area (Å²) in [4.78, 5) is 29.6. The van der Waals surface area contributed by atoms with Crippen molar-refractivity contribution in [1.82, 2.24) is 14.8 Å². The van der Waals surface area contributed by atoms with Crippen LogP contribution in [0, 0.1) is 28.8 Å². The van der Waals surface area contributed by atoms with E-state index in [2.05, 4.69) is 10.1 Å². The number of benzene rings is 2. The van der Waals surface area contributed by atoms with Crippen molar-refractivity contribution in [2.24, 2.45) is 0 Å². The molecule has 1 aliphatic heterocycles. The third kappa shape index (κ3) is 13.5. The smallest absolute Gasteiger partial charge is 0.425 e. The molecule has 1 aliphatic rings. The number of hydrogen-bond donors (Lipinski definition) is 1. The molecule has 0 radical (unpaired) electrons. The average molecular weight is 809 g/mol. The highest BCUT2D eigenvalue weighted by Crippen LogP contribution is 2.42. The van der Waals surface area contributed by atoms with Crippen LogP contribution in [0.4, 0.5) is 18.0 Å². The summed E-state index contributed by atoms with van der Waals surface area (Å²) in [6, 6.07) is 8.80. The van der Waals surface area contributed by atoms with Gasteiger partial charge < -0.3 is 23.7 Å². The van der Waals surface area contributed by atoms with Crippen molar-refractivity contribution in [2.75, 3.05) is 19.0 Å². The Kier molecular flexibility index (Phi) is 15.8. The standard InChI is InChI=1S/C36H39F3N4O10S2/c1-24(54-29-19-49-34(50-20-29)10-6-5-8-27-12-11-26(18-40)16-31(27)38)36(21-43-23-41-22-42-43,30-14-13-28(37)17-32(30)39)53-35(45)52-25(2)51-33(44)9-4-3-7-15-55(46,47)48/h5-6,8,10-14,16-17,22-25,29,34H,3-4,7,9,15,19-21H2,1-2H3,(H,46,47,48)/b8-5+,10-6+/t24-,25?,29?,34?,36-/m1/s1.